The minimum absolute atomic E-state index is 0. The molecule has 4 rings (SSSR count). The fourth-order valence-corrected chi connectivity index (χ4v) is 1.67. The van der Waals surface area contributed by atoms with Gasteiger partial charge in [0.25, 0.3) is 31.3 Å². The SMILES string of the molecule is O=P1([O-])OCO1.O=P1([O-])OCO1.O=P1([O-])OCO1.O=P1([O-])OCO1.[Tc+4]. The average Bonchev–Trinajstić information content (AvgIpc) is 2.34. The zero-order valence-corrected chi connectivity index (χ0v) is 17.0. The normalized spacial score (nSPS) is 27.7. The van der Waals surface area contributed by atoms with Crippen molar-refractivity contribution >= 4 is 31.3 Å². The van der Waals surface area contributed by atoms with Crippen LogP contribution in [0.25, 0.3) is 0 Å². The molecule has 4 aliphatic heterocycles. The van der Waals surface area contributed by atoms with Crippen molar-refractivity contribution in [2.45, 2.75) is 0 Å². The van der Waals surface area contributed by atoms with Gasteiger partial charge in [-0.2, -0.15) is 0 Å². The topological polar surface area (TPSA) is 234 Å². The Morgan fingerprint density at radius 2 is 0.520 bits per heavy atom. The zero-order chi connectivity index (χ0) is 18.5. The predicted molar refractivity (Wildman–Crippen MR) is 58.6 cm³/mol. The molecule has 0 aromatic carbocycles. The second kappa shape index (κ2) is 10.6. The molecule has 0 saturated carbocycles. The summed E-state index contributed by atoms with van der Waals surface area (Å²) in [7, 11) is -14.9. The third-order valence-corrected chi connectivity index (χ3v) is 5.06. The minimum atomic E-state index is -3.72. The van der Waals surface area contributed by atoms with Crippen LogP contribution >= 0.6 is 31.3 Å². The summed E-state index contributed by atoms with van der Waals surface area (Å²) >= 11 is 0. The monoisotopic (exact) mass is 533 g/mol. The van der Waals surface area contributed by atoms with Crippen LogP contribution < -0.4 is 19.6 Å². The Morgan fingerprint density at radius 1 is 0.440 bits per heavy atom. The van der Waals surface area contributed by atoms with Gasteiger partial charge < -0.3 is 19.6 Å². The average molecular weight is 534 g/mol. The van der Waals surface area contributed by atoms with Gasteiger partial charge in [-0.3, -0.25) is 54.5 Å². The first kappa shape index (κ1) is 26.1. The van der Waals surface area contributed by atoms with E-state index in [1.165, 1.54) is 0 Å². The van der Waals surface area contributed by atoms with Crippen LogP contribution in [0.2, 0.25) is 0 Å². The summed E-state index contributed by atoms with van der Waals surface area (Å²) in [5.74, 6) is 0. The second-order valence-electron chi connectivity index (χ2n) is 3.29. The maximum absolute atomic E-state index is 9.67. The molecule has 1 radical (unpaired) electrons. The van der Waals surface area contributed by atoms with E-state index in [9.17, 15) is 37.8 Å². The molecular weight excluding hydrogens is 526 g/mol. The Bertz CT molecular complexity index is 469. The standard InChI is InChI=1S/4CH3O4P.Tc/c4*2-6(3)4-1-5-6;/h4*1H2,(H,2,3);/q;;;;+4/p-4. The minimum Gasteiger partial charge on any atom is -0.756 e. The fraction of sp³-hybridized carbons (Fsp3) is 1.00. The molecule has 4 saturated heterocycles. The first-order valence-corrected chi connectivity index (χ1v) is 11.1. The van der Waals surface area contributed by atoms with Gasteiger partial charge in [0.1, 0.15) is 0 Å². The molecule has 0 bridgehead atoms. The molecular formula is C4H8O16P4Tc. The van der Waals surface area contributed by atoms with Crippen molar-refractivity contribution in [2.75, 3.05) is 27.2 Å². The van der Waals surface area contributed by atoms with Gasteiger partial charge in [0.15, 0.2) is 27.2 Å². The van der Waals surface area contributed by atoms with Crippen LogP contribution in [0.1, 0.15) is 0 Å². The third kappa shape index (κ3) is 12.2. The van der Waals surface area contributed by atoms with Crippen LogP contribution in [0.3, 0.4) is 0 Å². The molecule has 4 heterocycles. The number of rotatable bonds is 0. The largest absolute Gasteiger partial charge is 4.00 e. The van der Waals surface area contributed by atoms with Crippen molar-refractivity contribution in [2.24, 2.45) is 0 Å². The van der Waals surface area contributed by atoms with Crippen molar-refractivity contribution in [3.63, 3.8) is 0 Å². The van der Waals surface area contributed by atoms with Gasteiger partial charge in [-0.15, -0.1) is 0 Å². The molecule has 4 aliphatic rings. The maximum Gasteiger partial charge on any atom is 4.00 e. The van der Waals surface area contributed by atoms with Gasteiger partial charge in [-0.05, 0) is 0 Å². The van der Waals surface area contributed by atoms with Gasteiger partial charge in [0.05, 0.1) is 0 Å². The molecule has 0 spiro atoms. The molecule has 0 aromatic heterocycles. The van der Waals surface area contributed by atoms with Crippen LogP contribution in [0.5, 0.6) is 0 Å². The Labute approximate surface area is 153 Å². The fourth-order valence-electron chi connectivity index (χ4n) is 0.555. The number of phosphoric ester groups is 4. The summed E-state index contributed by atoms with van der Waals surface area (Å²) in [6, 6.07) is 0. The molecule has 0 unspecified atom stereocenters. The Morgan fingerprint density at radius 3 is 0.520 bits per heavy atom. The summed E-state index contributed by atoms with van der Waals surface area (Å²) in [6.45, 7) is -0.441. The summed E-state index contributed by atoms with van der Waals surface area (Å²) in [5, 5.41) is 0. The van der Waals surface area contributed by atoms with Crippen molar-refractivity contribution in [1.29, 1.82) is 0 Å². The molecule has 0 amide bonds. The van der Waals surface area contributed by atoms with Crippen molar-refractivity contribution in [3.05, 3.63) is 0 Å². The molecule has 0 aromatic rings. The Balaban J connectivity index is 0.000000303. The van der Waals surface area contributed by atoms with E-state index < -0.39 is 31.3 Å². The van der Waals surface area contributed by atoms with Gasteiger partial charge in [-0.25, -0.2) is 0 Å². The summed E-state index contributed by atoms with van der Waals surface area (Å²) < 4.78 is 69.8. The third-order valence-electron chi connectivity index (χ3n) is 1.69. The number of hydrogen-bond donors (Lipinski definition) is 0. The number of phosphoric acid groups is 4. The Kier molecular flexibility index (Phi) is 11.0. The smallest absolute Gasteiger partial charge is 0.756 e. The zero-order valence-electron chi connectivity index (χ0n) is 11.5. The van der Waals surface area contributed by atoms with Crippen molar-refractivity contribution < 1.29 is 94.1 Å². The van der Waals surface area contributed by atoms with Crippen LogP contribution in [0, 0.1) is 0 Å². The molecule has 147 valence electrons. The van der Waals surface area contributed by atoms with E-state index in [0.29, 0.717) is 0 Å². The van der Waals surface area contributed by atoms with Crippen molar-refractivity contribution in [1.82, 2.24) is 0 Å². The number of hydrogen-bond acceptors (Lipinski definition) is 16. The molecule has 0 N–H and O–H groups in total. The molecule has 0 atom stereocenters. The van der Waals surface area contributed by atoms with E-state index in [-0.39, 0.29) is 47.3 Å². The summed E-state index contributed by atoms with van der Waals surface area (Å²) in [5.41, 5.74) is 0. The molecule has 25 heavy (non-hydrogen) atoms. The Hall–Kier alpha value is 1.09. The van der Waals surface area contributed by atoms with Gasteiger partial charge in [-0.1, -0.05) is 0 Å². The van der Waals surface area contributed by atoms with E-state index >= 15 is 0 Å². The first-order valence-electron chi connectivity index (χ1n) is 5.23. The first-order chi connectivity index (χ1) is 10.8. The van der Waals surface area contributed by atoms with Crippen LogP contribution in [0.4, 0.5) is 0 Å². The predicted octanol–water partition coefficient (Wildman–Crippen LogP) is -2.17. The van der Waals surface area contributed by atoms with E-state index in [1.54, 1.807) is 0 Å². The van der Waals surface area contributed by atoms with Gasteiger partial charge >= 0.3 is 20.1 Å². The molecule has 0 aliphatic carbocycles. The quantitative estimate of drug-likeness (QED) is 0.301. The summed E-state index contributed by atoms with van der Waals surface area (Å²) in [4.78, 5) is 38.7. The van der Waals surface area contributed by atoms with Gasteiger partial charge in [0, 0.05) is 0 Å². The van der Waals surface area contributed by atoms with E-state index in [4.69, 9.17) is 0 Å². The van der Waals surface area contributed by atoms with Crippen LogP contribution in [-0.2, 0) is 74.6 Å². The van der Waals surface area contributed by atoms with E-state index in [1.807, 2.05) is 0 Å². The van der Waals surface area contributed by atoms with Crippen LogP contribution in [-0.4, -0.2) is 27.2 Å². The molecule has 4 fully saturated rings. The van der Waals surface area contributed by atoms with E-state index in [2.05, 4.69) is 36.2 Å². The van der Waals surface area contributed by atoms with Crippen molar-refractivity contribution in [3.8, 4) is 0 Å². The molecule has 21 heteroatoms. The van der Waals surface area contributed by atoms with Gasteiger partial charge in [0.2, 0.25) is 0 Å². The molecule has 16 nitrogen and oxygen atoms in total. The second-order valence-corrected chi connectivity index (χ2v) is 8.94. The van der Waals surface area contributed by atoms with E-state index in [0.717, 1.165) is 0 Å². The summed E-state index contributed by atoms with van der Waals surface area (Å²) in [6.07, 6.45) is 0. The van der Waals surface area contributed by atoms with Crippen LogP contribution in [0.15, 0.2) is 0 Å². The maximum atomic E-state index is 9.67.